The first kappa shape index (κ1) is 13.9. The van der Waals surface area contributed by atoms with Gasteiger partial charge >= 0.3 is 0 Å². The highest BCUT2D eigenvalue weighted by atomic mass is 32.2. The fourth-order valence-corrected chi connectivity index (χ4v) is 4.75. The van der Waals surface area contributed by atoms with Crippen molar-refractivity contribution in [3.63, 3.8) is 0 Å². The summed E-state index contributed by atoms with van der Waals surface area (Å²) in [7, 11) is 0.581. The zero-order valence-corrected chi connectivity index (χ0v) is 13.3. The maximum Gasteiger partial charge on any atom is 0.243 e. The Kier molecular flexibility index (Phi) is 3.32. The van der Waals surface area contributed by atoms with Crippen LogP contribution < -0.4 is 0 Å². The normalized spacial score (nSPS) is 17.8. The van der Waals surface area contributed by atoms with E-state index in [9.17, 15) is 8.42 Å². The third-order valence-corrected chi connectivity index (χ3v) is 6.42. The van der Waals surface area contributed by atoms with Gasteiger partial charge in [0.05, 0.1) is 20.1 Å². The fraction of sp³-hybridized carbons (Fsp3) is 0.462. The monoisotopic (exact) mass is 311 g/mol. The van der Waals surface area contributed by atoms with E-state index in [0.29, 0.717) is 24.0 Å². The highest BCUT2D eigenvalue weighted by molar-refractivity contribution is 7.89. The van der Waals surface area contributed by atoms with E-state index in [1.165, 1.54) is 15.6 Å². The van der Waals surface area contributed by atoms with Gasteiger partial charge in [0, 0.05) is 19.1 Å². The van der Waals surface area contributed by atoms with Crippen molar-refractivity contribution >= 4 is 31.6 Å². The Hall–Kier alpha value is -1.02. The van der Waals surface area contributed by atoms with E-state index in [1.54, 1.807) is 18.2 Å². The van der Waals surface area contributed by atoms with E-state index in [0.717, 1.165) is 15.2 Å². The van der Waals surface area contributed by atoms with Crippen molar-refractivity contribution in [2.24, 2.45) is 0 Å². The van der Waals surface area contributed by atoms with Gasteiger partial charge < -0.3 is 4.90 Å². The van der Waals surface area contributed by atoms with Crippen molar-refractivity contribution in [1.29, 1.82) is 0 Å². The van der Waals surface area contributed by atoms with Gasteiger partial charge in [-0.2, -0.15) is 4.31 Å². The Labute approximate surface area is 122 Å². The van der Waals surface area contributed by atoms with Crippen LogP contribution in [0.3, 0.4) is 0 Å². The average molecular weight is 311 g/mol. The molecule has 0 bridgehead atoms. The van der Waals surface area contributed by atoms with Crippen LogP contribution in [0.15, 0.2) is 23.1 Å². The summed E-state index contributed by atoms with van der Waals surface area (Å²) in [5, 5.41) is 0.950. The van der Waals surface area contributed by atoms with Gasteiger partial charge in [-0.1, -0.05) is 0 Å². The van der Waals surface area contributed by atoms with Crippen LogP contribution in [0.1, 0.15) is 5.01 Å². The van der Waals surface area contributed by atoms with Crippen molar-refractivity contribution in [2.45, 2.75) is 17.9 Å². The summed E-state index contributed by atoms with van der Waals surface area (Å²) < 4.78 is 27.5. The number of aryl methyl sites for hydroxylation is 1. The van der Waals surface area contributed by atoms with E-state index in [-0.39, 0.29) is 0 Å². The first-order chi connectivity index (χ1) is 9.38. The van der Waals surface area contributed by atoms with Crippen molar-refractivity contribution in [3.8, 4) is 0 Å². The SMILES string of the molecule is Cc1nc2ccc(S(=O)(=O)N3CC(N(C)C)C3)cc2s1. The molecule has 20 heavy (non-hydrogen) atoms. The maximum absolute atomic E-state index is 12.5. The fourth-order valence-electron chi connectivity index (χ4n) is 2.27. The minimum Gasteiger partial charge on any atom is -0.304 e. The largest absolute Gasteiger partial charge is 0.304 e. The van der Waals surface area contributed by atoms with Gasteiger partial charge in [-0.25, -0.2) is 13.4 Å². The van der Waals surface area contributed by atoms with Crippen molar-refractivity contribution in [3.05, 3.63) is 23.2 Å². The van der Waals surface area contributed by atoms with Crippen LogP contribution in [0, 0.1) is 6.92 Å². The maximum atomic E-state index is 12.5. The molecule has 1 aromatic heterocycles. The van der Waals surface area contributed by atoms with E-state index in [2.05, 4.69) is 9.88 Å². The molecule has 1 fully saturated rings. The molecule has 0 aliphatic carbocycles. The zero-order valence-electron chi connectivity index (χ0n) is 11.7. The van der Waals surface area contributed by atoms with Crippen LogP contribution in [-0.4, -0.2) is 55.8 Å². The molecule has 2 heterocycles. The van der Waals surface area contributed by atoms with Crippen LogP contribution in [0.25, 0.3) is 10.2 Å². The molecule has 0 saturated carbocycles. The van der Waals surface area contributed by atoms with Gasteiger partial charge in [0.2, 0.25) is 10.0 Å². The lowest BCUT2D eigenvalue weighted by molar-refractivity contribution is 0.134. The molecule has 0 unspecified atom stereocenters. The molecule has 3 rings (SSSR count). The Balaban J connectivity index is 1.90. The number of nitrogens with zero attached hydrogens (tertiary/aromatic N) is 3. The lowest BCUT2D eigenvalue weighted by Gasteiger charge is -2.41. The molecule has 0 spiro atoms. The quantitative estimate of drug-likeness (QED) is 0.863. The lowest BCUT2D eigenvalue weighted by Crippen LogP contribution is -2.58. The summed E-state index contributed by atoms with van der Waals surface area (Å²) >= 11 is 1.52. The number of hydrogen-bond acceptors (Lipinski definition) is 5. The van der Waals surface area contributed by atoms with E-state index < -0.39 is 10.0 Å². The van der Waals surface area contributed by atoms with Crippen molar-refractivity contribution in [1.82, 2.24) is 14.2 Å². The van der Waals surface area contributed by atoms with Crippen LogP contribution in [0.4, 0.5) is 0 Å². The molecule has 1 saturated heterocycles. The molecular formula is C13H17N3O2S2. The van der Waals surface area contributed by atoms with Gasteiger partial charge in [0.1, 0.15) is 0 Å². The summed E-state index contributed by atoms with van der Waals surface area (Å²) in [6.07, 6.45) is 0. The second-order valence-electron chi connectivity index (χ2n) is 5.30. The first-order valence-corrected chi connectivity index (χ1v) is 8.67. The number of rotatable bonds is 3. The standard InChI is InChI=1S/C13H17N3O2S2/c1-9-14-12-5-4-11(6-13(12)19-9)20(17,18)16-7-10(8-16)15(2)3/h4-6,10H,7-8H2,1-3H3. The predicted octanol–water partition coefficient (Wildman–Crippen LogP) is 1.54. The topological polar surface area (TPSA) is 53.5 Å². The Morgan fingerprint density at radius 1 is 1.35 bits per heavy atom. The molecule has 1 aliphatic heterocycles. The van der Waals surface area contributed by atoms with Crippen LogP contribution in [0.5, 0.6) is 0 Å². The molecule has 108 valence electrons. The van der Waals surface area contributed by atoms with E-state index >= 15 is 0 Å². The third kappa shape index (κ3) is 2.24. The summed E-state index contributed by atoms with van der Waals surface area (Å²) in [5.41, 5.74) is 0.862. The summed E-state index contributed by atoms with van der Waals surface area (Å²) in [6, 6.07) is 5.49. The molecule has 0 N–H and O–H groups in total. The minimum atomic E-state index is -3.37. The van der Waals surface area contributed by atoms with Crippen LogP contribution in [0.2, 0.25) is 0 Å². The van der Waals surface area contributed by atoms with Crippen molar-refractivity contribution in [2.75, 3.05) is 27.2 Å². The zero-order chi connectivity index (χ0) is 14.5. The second kappa shape index (κ2) is 4.77. The molecule has 0 radical (unpaired) electrons. The highest BCUT2D eigenvalue weighted by Gasteiger charge is 2.37. The smallest absolute Gasteiger partial charge is 0.243 e. The summed E-state index contributed by atoms with van der Waals surface area (Å²) in [6.45, 7) is 3.06. The number of likely N-dealkylation sites (N-methyl/N-ethyl adjacent to an activating group) is 1. The van der Waals surface area contributed by atoms with Crippen LogP contribution in [-0.2, 0) is 10.0 Å². The minimum absolute atomic E-state index is 0.319. The lowest BCUT2D eigenvalue weighted by atomic mass is 10.2. The number of hydrogen-bond donors (Lipinski definition) is 0. The van der Waals surface area contributed by atoms with Gasteiger partial charge in [-0.3, -0.25) is 0 Å². The second-order valence-corrected chi connectivity index (χ2v) is 8.47. The third-order valence-electron chi connectivity index (χ3n) is 3.66. The molecule has 0 amide bonds. The van der Waals surface area contributed by atoms with Gasteiger partial charge in [0.15, 0.2) is 0 Å². The highest BCUT2D eigenvalue weighted by Crippen LogP contribution is 2.28. The number of sulfonamides is 1. The number of benzene rings is 1. The Bertz CT molecular complexity index is 746. The van der Waals surface area contributed by atoms with Crippen LogP contribution >= 0.6 is 11.3 Å². The van der Waals surface area contributed by atoms with E-state index in [1.807, 2.05) is 21.0 Å². The van der Waals surface area contributed by atoms with Gasteiger partial charge in [-0.15, -0.1) is 11.3 Å². The first-order valence-electron chi connectivity index (χ1n) is 6.42. The predicted molar refractivity (Wildman–Crippen MR) is 80.6 cm³/mol. The number of aromatic nitrogens is 1. The summed E-state index contributed by atoms with van der Waals surface area (Å²) in [5.74, 6) is 0. The summed E-state index contributed by atoms with van der Waals surface area (Å²) in [4.78, 5) is 6.78. The Morgan fingerprint density at radius 3 is 2.70 bits per heavy atom. The molecule has 5 nitrogen and oxygen atoms in total. The average Bonchev–Trinajstić information content (AvgIpc) is 2.64. The number of thiazole rings is 1. The molecule has 1 aromatic carbocycles. The number of fused-ring (bicyclic) bond motifs is 1. The molecule has 1 aliphatic rings. The Morgan fingerprint density at radius 2 is 2.05 bits per heavy atom. The molecule has 2 aromatic rings. The van der Waals surface area contributed by atoms with Crippen molar-refractivity contribution < 1.29 is 8.42 Å². The molecular weight excluding hydrogens is 294 g/mol. The molecule has 7 heteroatoms. The van der Waals surface area contributed by atoms with Gasteiger partial charge in [0.25, 0.3) is 0 Å². The van der Waals surface area contributed by atoms with E-state index in [4.69, 9.17) is 0 Å². The van der Waals surface area contributed by atoms with Gasteiger partial charge in [-0.05, 0) is 39.2 Å². The molecule has 0 atom stereocenters.